The van der Waals surface area contributed by atoms with Crippen molar-refractivity contribution in [1.82, 2.24) is 13.7 Å². The molecule has 3 aromatic rings. The molecule has 0 aliphatic carbocycles. The van der Waals surface area contributed by atoms with Crippen LogP contribution in [0.1, 0.15) is 41.9 Å². The maximum Gasteiger partial charge on any atom is 0.275 e. The van der Waals surface area contributed by atoms with E-state index in [1.54, 1.807) is 12.3 Å². The number of carbonyl (C=O) groups is 1. The van der Waals surface area contributed by atoms with Crippen LogP contribution >= 0.6 is 0 Å². The van der Waals surface area contributed by atoms with Crippen molar-refractivity contribution in [2.24, 2.45) is 0 Å². The van der Waals surface area contributed by atoms with Gasteiger partial charge in [0, 0.05) is 25.0 Å². The second-order valence-electron chi connectivity index (χ2n) is 7.66. The number of aryl methyl sites for hydroxylation is 1. The molecule has 1 aliphatic rings. The Balaban J connectivity index is 1.64. The maximum atomic E-state index is 13.2. The lowest BCUT2D eigenvalue weighted by molar-refractivity contribution is 0.102. The van der Waals surface area contributed by atoms with Gasteiger partial charge in [-0.15, -0.1) is 0 Å². The zero-order valence-electron chi connectivity index (χ0n) is 17.7. The van der Waals surface area contributed by atoms with Crippen molar-refractivity contribution in [2.45, 2.75) is 37.5 Å². The van der Waals surface area contributed by atoms with Gasteiger partial charge in [-0.3, -0.25) is 4.79 Å². The topological polar surface area (TPSA) is 93.0 Å². The Kier molecular flexibility index (Phi) is 5.97. The van der Waals surface area contributed by atoms with E-state index in [1.807, 2.05) is 29.5 Å². The van der Waals surface area contributed by atoms with Crippen LogP contribution in [0.25, 0.3) is 5.65 Å². The number of benzene rings is 1. The smallest absolute Gasteiger partial charge is 0.275 e. The Morgan fingerprint density at radius 3 is 2.52 bits per heavy atom. The summed E-state index contributed by atoms with van der Waals surface area (Å²) in [5.74, 6) is -0.0613. The van der Waals surface area contributed by atoms with Crippen molar-refractivity contribution in [3.63, 3.8) is 0 Å². The van der Waals surface area contributed by atoms with E-state index in [2.05, 4.69) is 10.3 Å². The van der Waals surface area contributed by atoms with Crippen molar-refractivity contribution >= 4 is 27.3 Å². The zero-order chi connectivity index (χ0) is 22.0. The summed E-state index contributed by atoms with van der Waals surface area (Å²) in [6, 6.07) is 10.2. The summed E-state index contributed by atoms with van der Waals surface area (Å²) < 4.78 is 35.0. The van der Waals surface area contributed by atoms with Gasteiger partial charge >= 0.3 is 0 Å². The van der Waals surface area contributed by atoms with E-state index in [1.165, 1.54) is 23.5 Å². The number of pyridine rings is 1. The third kappa shape index (κ3) is 4.28. The highest BCUT2D eigenvalue weighted by Gasteiger charge is 2.26. The van der Waals surface area contributed by atoms with Crippen LogP contribution in [0.2, 0.25) is 0 Å². The molecular weight excluding hydrogens is 416 g/mol. The fraction of sp³-hybridized carbons (Fsp3) is 0.364. The third-order valence-corrected chi connectivity index (χ3v) is 7.45. The summed E-state index contributed by atoms with van der Waals surface area (Å²) >= 11 is 0. The molecule has 1 amide bonds. The number of imidazole rings is 1. The number of fused-ring (bicyclic) bond motifs is 1. The Labute approximate surface area is 181 Å². The van der Waals surface area contributed by atoms with Crippen molar-refractivity contribution in [2.75, 3.05) is 25.5 Å². The molecule has 31 heavy (non-hydrogen) atoms. The van der Waals surface area contributed by atoms with Gasteiger partial charge in [0.1, 0.15) is 17.1 Å². The minimum absolute atomic E-state index is 0.136. The number of hydrogen-bond acceptors (Lipinski definition) is 5. The van der Waals surface area contributed by atoms with Crippen LogP contribution in [0.5, 0.6) is 5.75 Å². The summed E-state index contributed by atoms with van der Waals surface area (Å²) in [7, 11) is -2.18. The molecule has 0 unspecified atom stereocenters. The minimum Gasteiger partial charge on any atom is -0.495 e. The van der Waals surface area contributed by atoms with E-state index in [0.29, 0.717) is 24.5 Å². The molecule has 0 spiro atoms. The van der Waals surface area contributed by atoms with E-state index in [-0.39, 0.29) is 16.3 Å². The molecule has 0 saturated carbocycles. The van der Waals surface area contributed by atoms with E-state index in [9.17, 15) is 13.2 Å². The summed E-state index contributed by atoms with van der Waals surface area (Å²) in [4.78, 5) is 17.4. The molecule has 1 aromatic carbocycles. The predicted octanol–water partition coefficient (Wildman–Crippen LogP) is 3.47. The molecule has 0 bridgehead atoms. The lowest BCUT2D eigenvalue weighted by atomic mass is 10.2. The molecule has 9 heteroatoms. The van der Waals surface area contributed by atoms with Crippen LogP contribution in [0.3, 0.4) is 0 Å². The standard InChI is InChI=1S/C22H26N4O4S/c1-16-8-7-9-21-23-19(15-26(16)21)22(27)24-18-14-17(10-11-20(18)30-2)31(28,29)25-12-5-3-4-6-13-25/h7-11,14-15H,3-6,12-13H2,1-2H3,(H,24,27). The molecule has 0 atom stereocenters. The van der Waals surface area contributed by atoms with E-state index >= 15 is 0 Å². The zero-order valence-corrected chi connectivity index (χ0v) is 18.5. The summed E-state index contributed by atoms with van der Waals surface area (Å²) in [5.41, 5.74) is 2.14. The number of nitrogens with one attached hydrogen (secondary N) is 1. The summed E-state index contributed by atoms with van der Waals surface area (Å²) in [6.07, 6.45) is 5.44. The number of anilines is 1. The van der Waals surface area contributed by atoms with E-state index < -0.39 is 15.9 Å². The van der Waals surface area contributed by atoms with Gasteiger partial charge in [-0.25, -0.2) is 13.4 Å². The summed E-state index contributed by atoms with van der Waals surface area (Å²) in [6.45, 7) is 2.95. The quantitative estimate of drug-likeness (QED) is 0.653. The lowest BCUT2D eigenvalue weighted by Crippen LogP contribution is -2.32. The lowest BCUT2D eigenvalue weighted by Gasteiger charge is -2.21. The van der Waals surface area contributed by atoms with Gasteiger partial charge in [0.2, 0.25) is 10.0 Å². The molecule has 3 heterocycles. The highest BCUT2D eigenvalue weighted by atomic mass is 32.2. The molecule has 8 nitrogen and oxygen atoms in total. The number of aromatic nitrogens is 2. The van der Waals surface area contributed by atoms with Crippen LogP contribution in [-0.2, 0) is 10.0 Å². The number of hydrogen-bond donors (Lipinski definition) is 1. The Hall–Kier alpha value is -2.91. The molecular formula is C22H26N4O4S. The number of amides is 1. The van der Waals surface area contributed by atoms with E-state index in [0.717, 1.165) is 31.4 Å². The molecule has 1 fully saturated rings. The highest BCUT2D eigenvalue weighted by Crippen LogP contribution is 2.30. The first-order chi connectivity index (χ1) is 14.9. The van der Waals surface area contributed by atoms with Gasteiger partial charge in [-0.05, 0) is 50.1 Å². The maximum absolute atomic E-state index is 13.2. The van der Waals surface area contributed by atoms with Gasteiger partial charge in [0.25, 0.3) is 5.91 Å². The molecule has 0 radical (unpaired) electrons. The minimum atomic E-state index is -3.65. The number of nitrogens with zero attached hydrogens (tertiary/aromatic N) is 3. The monoisotopic (exact) mass is 442 g/mol. The number of carbonyl (C=O) groups excluding carboxylic acids is 1. The van der Waals surface area contributed by atoms with Gasteiger partial charge < -0.3 is 14.5 Å². The molecule has 1 saturated heterocycles. The average molecular weight is 443 g/mol. The molecule has 164 valence electrons. The average Bonchev–Trinajstić information content (AvgIpc) is 3.01. The molecule has 1 aliphatic heterocycles. The first-order valence-corrected chi connectivity index (χ1v) is 11.8. The first kappa shape index (κ1) is 21.3. The fourth-order valence-corrected chi connectivity index (χ4v) is 5.36. The molecule has 2 aromatic heterocycles. The van der Waals surface area contributed by atoms with Gasteiger partial charge in [-0.1, -0.05) is 18.9 Å². The largest absolute Gasteiger partial charge is 0.495 e. The number of methoxy groups -OCH3 is 1. The van der Waals surface area contributed by atoms with Crippen LogP contribution in [0, 0.1) is 6.92 Å². The third-order valence-electron chi connectivity index (χ3n) is 5.55. The van der Waals surface area contributed by atoms with Crippen LogP contribution < -0.4 is 10.1 Å². The van der Waals surface area contributed by atoms with Crippen molar-refractivity contribution < 1.29 is 17.9 Å². The Morgan fingerprint density at radius 2 is 1.84 bits per heavy atom. The molecule has 4 rings (SSSR count). The van der Waals surface area contributed by atoms with Crippen molar-refractivity contribution in [3.05, 3.63) is 54.0 Å². The van der Waals surface area contributed by atoms with Crippen molar-refractivity contribution in [1.29, 1.82) is 0 Å². The van der Waals surface area contributed by atoms with Crippen LogP contribution in [0.15, 0.2) is 47.5 Å². The Morgan fingerprint density at radius 1 is 1.10 bits per heavy atom. The number of rotatable bonds is 5. The number of sulfonamides is 1. The second kappa shape index (κ2) is 8.68. The van der Waals surface area contributed by atoms with Gasteiger partial charge in [-0.2, -0.15) is 4.31 Å². The first-order valence-electron chi connectivity index (χ1n) is 10.3. The Bertz CT molecular complexity index is 1210. The fourth-order valence-electron chi connectivity index (χ4n) is 3.82. The summed E-state index contributed by atoms with van der Waals surface area (Å²) in [5, 5.41) is 2.76. The van der Waals surface area contributed by atoms with Gasteiger partial charge in [0.05, 0.1) is 17.7 Å². The molecule has 1 N–H and O–H groups in total. The van der Waals surface area contributed by atoms with Crippen LogP contribution in [0.4, 0.5) is 5.69 Å². The second-order valence-corrected chi connectivity index (χ2v) is 9.59. The van der Waals surface area contributed by atoms with Gasteiger partial charge in [0.15, 0.2) is 0 Å². The highest BCUT2D eigenvalue weighted by molar-refractivity contribution is 7.89. The number of ether oxygens (including phenoxy) is 1. The SMILES string of the molecule is COc1ccc(S(=O)(=O)N2CCCCCC2)cc1NC(=O)c1cn2c(C)cccc2n1. The van der Waals surface area contributed by atoms with Crippen molar-refractivity contribution in [3.8, 4) is 5.75 Å². The van der Waals surface area contributed by atoms with Crippen LogP contribution in [-0.4, -0.2) is 48.2 Å². The normalized spacial score (nSPS) is 15.5. The predicted molar refractivity (Wildman–Crippen MR) is 118 cm³/mol. The van der Waals surface area contributed by atoms with E-state index in [4.69, 9.17) is 4.74 Å².